The molecule has 1 aliphatic rings. The number of hydrogen-bond acceptors (Lipinski definition) is 4. The van der Waals surface area contributed by atoms with Crippen LogP contribution in [0, 0.1) is 6.92 Å². The monoisotopic (exact) mass is 387 g/mol. The van der Waals surface area contributed by atoms with E-state index in [1.165, 1.54) is 0 Å². The first-order chi connectivity index (χ1) is 14.1. The fourth-order valence-corrected chi connectivity index (χ4v) is 3.21. The largest absolute Gasteiger partial charge is 0.486 e. The van der Waals surface area contributed by atoms with Gasteiger partial charge in [-0.15, -0.1) is 0 Å². The van der Waals surface area contributed by atoms with Gasteiger partial charge in [-0.25, -0.2) is 0 Å². The molecule has 1 amide bonds. The highest BCUT2D eigenvalue weighted by Gasteiger charge is 2.18. The summed E-state index contributed by atoms with van der Waals surface area (Å²) in [6.45, 7) is 3.34. The molecule has 146 valence electrons. The van der Waals surface area contributed by atoms with E-state index in [4.69, 9.17) is 9.47 Å². The number of fused-ring (bicyclic) bond motifs is 1. The standard InChI is InChI=1S/C24H21NO4/c1-16-6-9-18(10-7-16)23(26)19-4-2-3-5-20(19)24(27)25-15-17-8-11-21-22(14-17)29-13-12-28-21/h2-11,14H,12-13,15H2,1H3,(H,25,27). The summed E-state index contributed by atoms with van der Waals surface area (Å²) < 4.78 is 11.1. The molecule has 0 fully saturated rings. The maximum atomic E-state index is 12.9. The maximum Gasteiger partial charge on any atom is 0.252 e. The zero-order chi connectivity index (χ0) is 20.2. The Kier molecular flexibility index (Phi) is 5.29. The van der Waals surface area contributed by atoms with Gasteiger partial charge in [-0.1, -0.05) is 54.1 Å². The zero-order valence-electron chi connectivity index (χ0n) is 16.1. The van der Waals surface area contributed by atoms with E-state index in [-0.39, 0.29) is 11.7 Å². The van der Waals surface area contributed by atoms with Crippen molar-refractivity contribution in [3.63, 3.8) is 0 Å². The quantitative estimate of drug-likeness (QED) is 0.674. The van der Waals surface area contributed by atoms with Crippen molar-refractivity contribution in [3.8, 4) is 11.5 Å². The predicted octanol–water partition coefficient (Wildman–Crippen LogP) is 3.93. The SMILES string of the molecule is Cc1ccc(C(=O)c2ccccc2C(=O)NCc2ccc3c(c2)OCCO3)cc1. The minimum absolute atomic E-state index is 0.171. The first-order valence-corrected chi connectivity index (χ1v) is 9.49. The van der Waals surface area contributed by atoms with E-state index in [0.717, 1.165) is 11.1 Å². The molecule has 3 aromatic carbocycles. The van der Waals surface area contributed by atoms with E-state index in [9.17, 15) is 9.59 Å². The first kappa shape index (κ1) is 18.7. The Morgan fingerprint density at radius 2 is 1.55 bits per heavy atom. The molecular formula is C24H21NO4. The molecule has 1 heterocycles. The second-order valence-corrected chi connectivity index (χ2v) is 6.90. The lowest BCUT2D eigenvalue weighted by molar-refractivity contribution is 0.0939. The van der Waals surface area contributed by atoms with Crippen molar-refractivity contribution >= 4 is 11.7 Å². The molecule has 0 aliphatic carbocycles. The molecule has 0 saturated carbocycles. The zero-order valence-corrected chi connectivity index (χ0v) is 16.1. The summed E-state index contributed by atoms with van der Waals surface area (Å²) in [5, 5.41) is 2.89. The van der Waals surface area contributed by atoms with E-state index in [0.29, 0.717) is 47.9 Å². The Bertz CT molecular complexity index is 1060. The first-order valence-electron chi connectivity index (χ1n) is 9.49. The number of ether oxygens (including phenoxy) is 2. The van der Waals surface area contributed by atoms with Gasteiger partial charge in [-0.3, -0.25) is 9.59 Å². The van der Waals surface area contributed by atoms with Crippen LogP contribution in [0.4, 0.5) is 0 Å². The maximum absolute atomic E-state index is 12.9. The van der Waals surface area contributed by atoms with Crippen LogP contribution in [-0.4, -0.2) is 24.9 Å². The molecular weight excluding hydrogens is 366 g/mol. The lowest BCUT2D eigenvalue weighted by Crippen LogP contribution is -2.25. The van der Waals surface area contributed by atoms with Crippen molar-refractivity contribution in [2.45, 2.75) is 13.5 Å². The Morgan fingerprint density at radius 3 is 2.31 bits per heavy atom. The van der Waals surface area contributed by atoms with E-state index < -0.39 is 0 Å². The average molecular weight is 387 g/mol. The third-order valence-electron chi connectivity index (χ3n) is 4.79. The summed E-state index contributed by atoms with van der Waals surface area (Å²) in [4.78, 5) is 25.7. The third kappa shape index (κ3) is 4.14. The second kappa shape index (κ2) is 8.19. The summed E-state index contributed by atoms with van der Waals surface area (Å²) in [6, 6.07) is 19.8. The van der Waals surface area contributed by atoms with E-state index in [1.807, 2.05) is 37.3 Å². The van der Waals surface area contributed by atoms with Crippen molar-refractivity contribution in [2.24, 2.45) is 0 Å². The van der Waals surface area contributed by atoms with Crippen molar-refractivity contribution in [3.05, 3.63) is 94.5 Å². The van der Waals surface area contributed by atoms with Crippen LogP contribution >= 0.6 is 0 Å². The highest BCUT2D eigenvalue weighted by Crippen LogP contribution is 2.30. The van der Waals surface area contributed by atoms with Crippen LogP contribution in [0.3, 0.4) is 0 Å². The smallest absolute Gasteiger partial charge is 0.252 e. The third-order valence-corrected chi connectivity index (χ3v) is 4.79. The lowest BCUT2D eigenvalue weighted by atomic mass is 9.97. The summed E-state index contributed by atoms with van der Waals surface area (Å²) in [7, 11) is 0. The van der Waals surface area contributed by atoms with Gasteiger partial charge in [0.1, 0.15) is 13.2 Å². The minimum Gasteiger partial charge on any atom is -0.486 e. The van der Waals surface area contributed by atoms with Gasteiger partial charge in [0.15, 0.2) is 17.3 Å². The summed E-state index contributed by atoms with van der Waals surface area (Å²) in [6.07, 6.45) is 0. The van der Waals surface area contributed by atoms with Crippen LogP contribution < -0.4 is 14.8 Å². The van der Waals surface area contributed by atoms with E-state index >= 15 is 0 Å². The highest BCUT2D eigenvalue weighted by molar-refractivity contribution is 6.15. The molecule has 0 atom stereocenters. The molecule has 5 nitrogen and oxygen atoms in total. The number of carbonyl (C=O) groups excluding carboxylic acids is 2. The number of carbonyl (C=O) groups is 2. The van der Waals surface area contributed by atoms with Gasteiger partial charge in [-0.2, -0.15) is 0 Å². The summed E-state index contributed by atoms with van der Waals surface area (Å²) in [5.74, 6) is 0.921. The van der Waals surface area contributed by atoms with Crippen molar-refractivity contribution in [2.75, 3.05) is 13.2 Å². The summed E-state index contributed by atoms with van der Waals surface area (Å²) in [5.41, 5.74) is 3.27. The van der Waals surface area contributed by atoms with E-state index in [1.54, 1.807) is 36.4 Å². The molecule has 0 radical (unpaired) electrons. The van der Waals surface area contributed by atoms with Crippen LogP contribution in [0.25, 0.3) is 0 Å². The van der Waals surface area contributed by atoms with Gasteiger partial charge < -0.3 is 14.8 Å². The number of hydrogen-bond donors (Lipinski definition) is 1. The van der Waals surface area contributed by atoms with Gasteiger partial charge in [-0.05, 0) is 30.7 Å². The molecule has 0 unspecified atom stereocenters. The molecule has 4 rings (SSSR count). The summed E-state index contributed by atoms with van der Waals surface area (Å²) >= 11 is 0. The van der Waals surface area contributed by atoms with Crippen LogP contribution in [0.1, 0.15) is 37.4 Å². The van der Waals surface area contributed by atoms with Crippen molar-refractivity contribution < 1.29 is 19.1 Å². The normalized spacial score (nSPS) is 12.3. The van der Waals surface area contributed by atoms with Gasteiger partial charge in [0.05, 0.1) is 5.56 Å². The minimum atomic E-state index is -0.295. The number of nitrogens with one attached hydrogen (secondary N) is 1. The van der Waals surface area contributed by atoms with Gasteiger partial charge in [0.25, 0.3) is 5.91 Å². The molecule has 0 bridgehead atoms. The van der Waals surface area contributed by atoms with E-state index in [2.05, 4.69) is 5.32 Å². The van der Waals surface area contributed by atoms with Gasteiger partial charge >= 0.3 is 0 Å². The number of rotatable bonds is 5. The molecule has 3 aromatic rings. The molecule has 0 aromatic heterocycles. The Balaban J connectivity index is 1.51. The molecule has 1 aliphatic heterocycles. The van der Waals surface area contributed by atoms with Crippen LogP contribution in [-0.2, 0) is 6.54 Å². The fourth-order valence-electron chi connectivity index (χ4n) is 3.21. The Hall–Kier alpha value is -3.60. The molecule has 5 heteroatoms. The number of benzene rings is 3. The molecule has 1 N–H and O–H groups in total. The highest BCUT2D eigenvalue weighted by atomic mass is 16.6. The number of aryl methyl sites for hydroxylation is 1. The van der Waals surface area contributed by atoms with Crippen molar-refractivity contribution in [1.29, 1.82) is 0 Å². The van der Waals surface area contributed by atoms with Crippen LogP contribution in [0.15, 0.2) is 66.7 Å². The average Bonchev–Trinajstić information content (AvgIpc) is 2.77. The second-order valence-electron chi connectivity index (χ2n) is 6.90. The van der Waals surface area contributed by atoms with Gasteiger partial charge in [0, 0.05) is 17.7 Å². The Morgan fingerprint density at radius 1 is 0.862 bits per heavy atom. The van der Waals surface area contributed by atoms with Crippen LogP contribution in [0.5, 0.6) is 11.5 Å². The molecule has 29 heavy (non-hydrogen) atoms. The van der Waals surface area contributed by atoms with Crippen LogP contribution in [0.2, 0.25) is 0 Å². The number of ketones is 1. The number of amides is 1. The molecule has 0 spiro atoms. The van der Waals surface area contributed by atoms with Crippen molar-refractivity contribution in [1.82, 2.24) is 5.32 Å². The lowest BCUT2D eigenvalue weighted by Gasteiger charge is -2.19. The molecule has 0 saturated heterocycles. The Labute approximate surface area is 169 Å². The predicted molar refractivity (Wildman–Crippen MR) is 110 cm³/mol. The topological polar surface area (TPSA) is 64.6 Å². The van der Waals surface area contributed by atoms with Gasteiger partial charge in [0.2, 0.25) is 0 Å². The fraction of sp³-hybridized carbons (Fsp3) is 0.167.